The van der Waals surface area contributed by atoms with Gasteiger partial charge in [-0.05, 0) is 48.6 Å². The third-order valence-electron chi connectivity index (χ3n) is 3.20. The highest BCUT2D eigenvalue weighted by molar-refractivity contribution is 7.71. The van der Waals surface area contributed by atoms with Crippen molar-refractivity contribution in [1.29, 1.82) is 0 Å². The number of furan rings is 1. The molecule has 23 heavy (non-hydrogen) atoms. The van der Waals surface area contributed by atoms with Gasteiger partial charge in [0.05, 0.1) is 12.8 Å². The number of halogens is 1. The second-order valence-corrected chi connectivity index (χ2v) is 5.62. The topological polar surface area (TPSA) is 75.8 Å². The molecule has 0 radical (unpaired) electrons. The maximum Gasteiger partial charge on any atom is 0.240 e. The fraction of sp³-hybridized carbons (Fsp3) is 0.133. The van der Waals surface area contributed by atoms with Crippen LogP contribution in [-0.2, 0) is 17.9 Å². The predicted molar refractivity (Wildman–Crippen MR) is 88.4 cm³/mol. The summed E-state index contributed by atoms with van der Waals surface area (Å²) in [6.07, 6.45) is 1.56. The standard InChI is InChI=1S/C15H13ClN4O2S/c16-11-5-3-10(4-6-11)14-18-19-15(23)20(14)9-13(21)17-8-12-2-1-7-22-12/h1-7H,8-9H2,(H,17,21)(H,19,23). The minimum atomic E-state index is -0.186. The highest BCUT2D eigenvalue weighted by Gasteiger charge is 2.12. The number of hydrogen-bond donors (Lipinski definition) is 2. The van der Waals surface area contributed by atoms with Gasteiger partial charge in [0, 0.05) is 10.6 Å². The van der Waals surface area contributed by atoms with E-state index in [-0.39, 0.29) is 12.5 Å². The molecule has 0 aliphatic heterocycles. The van der Waals surface area contributed by atoms with Crippen LogP contribution >= 0.6 is 23.8 Å². The van der Waals surface area contributed by atoms with Crippen LogP contribution < -0.4 is 5.32 Å². The van der Waals surface area contributed by atoms with Gasteiger partial charge >= 0.3 is 0 Å². The first kappa shape index (κ1) is 15.5. The summed E-state index contributed by atoms with van der Waals surface area (Å²) in [7, 11) is 0. The molecule has 0 saturated carbocycles. The van der Waals surface area contributed by atoms with Gasteiger partial charge in [-0.15, -0.1) is 0 Å². The Hall–Kier alpha value is -2.38. The van der Waals surface area contributed by atoms with Gasteiger partial charge in [-0.3, -0.25) is 14.5 Å². The second-order valence-electron chi connectivity index (χ2n) is 4.80. The van der Waals surface area contributed by atoms with E-state index in [0.29, 0.717) is 27.9 Å². The Morgan fingerprint density at radius 2 is 2.13 bits per heavy atom. The molecule has 118 valence electrons. The normalized spacial score (nSPS) is 10.7. The van der Waals surface area contributed by atoms with Crippen LogP contribution in [0.3, 0.4) is 0 Å². The average molecular weight is 349 g/mol. The summed E-state index contributed by atoms with van der Waals surface area (Å²) >= 11 is 11.1. The van der Waals surface area contributed by atoms with Gasteiger partial charge in [-0.2, -0.15) is 5.10 Å². The van der Waals surface area contributed by atoms with Crippen LogP contribution in [0.15, 0.2) is 47.1 Å². The average Bonchev–Trinajstić information content (AvgIpc) is 3.17. The van der Waals surface area contributed by atoms with Crippen LogP contribution in [-0.4, -0.2) is 20.7 Å². The SMILES string of the molecule is O=C(Cn1c(-c2ccc(Cl)cc2)n[nH]c1=S)NCc1ccco1. The number of nitrogens with zero attached hydrogens (tertiary/aromatic N) is 2. The number of H-pyrrole nitrogens is 1. The van der Waals surface area contributed by atoms with Crippen LogP contribution in [0, 0.1) is 4.77 Å². The quantitative estimate of drug-likeness (QED) is 0.694. The van der Waals surface area contributed by atoms with Crippen molar-refractivity contribution in [2.24, 2.45) is 0 Å². The Morgan fingerprint density at radius 3 is 2.83 bits per heavy atom. The van der Waals surface area contributed by atoms with Gasteiger partial charge in [0.25, 0.3) is 0 Å². The number of hydrogen-bond acceptors (Lipinski definition) is 4. The highest BCUT2D eigenvalue weighted by atomic mass is 35.5. The predicted octanol–water partition coefficient (Wildman–Crippen LogP) is 3.17. The molecule has 3 aromatic rings. The second kappa shape index (κ2) is 6.80. The van der Waals surface area contributed by atoms with E-state index in [1.54, 1.807) is 35.1 Å². The van der Waals surface area contributed by atoms with Gasteiger partial charge in [0.1, 0.15) is 12.3 Å². The summed E-state index contributed by atoms with van der Waals surface area (Å²) in [6.45, 7) is 0.390. The molecule has 0 bridgehead atoms. The first-order chi connectivity index (χ1) is 11.1. The molecule has 0 unspecified atom stereocenters. The molecule has 1 aromatic carbocycles. The van der Waals surface area contributed by atoms with E-state index < -0.39 is 0 Å². The smallest absolute Gasteiger partial charge is 0.240 e. The Balaban J connectivity index is 1.75. The molecular weight excluding hydrogens is 336 g/mol. The summed E-state index contributed by atoms with van der Waals surface area (Å²) in [4.78, 5) is 12.1. The number of carbonyl (C=O) groups excluding carboxylic acids is 1. The monoisotopic (exact) mass is 348 g/mol. The molecule has 8 heteroatoms. The number of rotatable bonds is 5. The summed E-state index contributed by atoms with van der Waals surface area (Å²) in [5.41, 5.74) is 0.820. The van der Waals surface area contributed by atoms with E-state index in [9.17, 15) is 4.79 Å². The van der Waals surface area contributed by atoms with E-state index in [1.807, 2.05) is 12.1 Å². The lowest BCUT2D eigenvalue weighted by Crippen LogP contribution is -2.27. The van der Waals surface area contributed by atoms with Crippen molar-refractivity contribution < 1.29 is 9.21 Å². The molecule has 0 aliphatic carbocycles. The zero-order valence-electron chi connectivity index (χ0n) is 12.0. The van der Waals surface area contributed by atoms with Gasteiger partial charge in [-0.1, -0.05) is 11.6 Å². The Bertz CT molecular complexity index is 852. The third kappa shape index (κ3) is 3.69. The molecule has 2 heterocycles. The van der Waals surface area contributed by atoms with Crippen molar-refractivity contribution in [2.45, 2.75) is 13.1 Å². The molecule has 0 spiro atoms. The van der Waals surface area contributed by atoms with E-state index in [4.69, 9.17) is 28.2 Å². The fourth-order valence-electron chi connectivity index (χ4n) is 2.08. The number of aromatic nitrogens is 3. The van der Waals surface area contributed by atoms with Crippen molar-refractivity contribution in [3.05, 3.63) is 58.2 Å². The number of nitrogens with one attached hydrogen (secondary N) is 2. The van der Waals surface area contributed by atoms with Crippen LogP contribution in [0.1, 0.15) is 5.76 Å². The van der Waals surface area contributed by atoms with Crippen molar-refractivity contribution in [2.75, 3.05) is 0 Å². The first-order valence-corrected chi connectivity index (χ1v) is 7.62. The van der Waals surface area contributed by atoms with Gasteiger partial charge < -0.3 is 9.73 Å². The lowest BCUT2D eigenvalue weighted by atomic mass is 10.2. The van der Waals surface area contributed by atoms with Crippen LogP contribution in [0.2, 0.25) is 5.02 Å². The maximum absolute atomic E-state index is 12.1. The number of aromatic amines is 1. The molecule has 2 N–H and O–H groups in total. The maximum atomic E-state index is 12.1. The molecule has 3 rings (SSSR count). The van der Waals surface area contributed by atoms with Crippen LogP contribution in [0.5, 0.6) is 0 Å². The first-order valence-electron chi connectivity index (χ1n) is 6.84. The lowest BCUT2D eigenvalue weighted by molar-refractivity contribution is -0.121. The summed E-state index contributed by atoms with van der Waals surface area (Å²) in [6, 6.07) is 10.7. The van der Waals surface area contributed by atoms with Crippen molar-refractivity contribution in [1.82, 2.24) is 20.1 Å². The van der Waals surface area contributed by atoms with Crippen molar-refractivity contribution >= 4 is 29.7 Å². The Kier molecular flexibility index (Phi) is 4.59. The van der Waals surface area contributed by atoms with Crippen LogP contribution in [0.4, 0.5) is 0 Å². The summed E-state index contributed by atoms with van der Waals surface area (Å²) < 4.78 is 7.19. The molecular formula is C15H13ClN4O2S. The lowest BCUT2D eigenvalue weighted by Gasteiger charge is -2.07. The minimum Gasteiger partial charge on any atom is -0.467 e. The minimum absolute atomic E-state index is 0.0635. The molecule has 2 aromatic heterocycles. The molecule has 0 aliphatic rings. The highest BCUT2D eigenvalue weighted by Crippen LogP contribution is 2.19. The Labute approximate surface area is 142 Å². The largest absolute Gasteiger partial charge is 0.467 e. The summed E-state index contributed by atoms with van der Waals surface area (Å²) in [5.74, 6) is 1.08. The molecule has 0 saturated heterocycles. The van der Waals surface area contributed by atoms with E-state index in [0.717, 1.165) is 5.56 Å². The van der Waals surface area contributed by atoms with Crippen molar-refractivity contribution in [3.63, 3.8) is 0 Å². The van der Waals surface area contributed by atoms with E-state index >= 15 is 0 Å². The number of benzene rings is 1. The van der Waals surface area contributed by atoms with Crippen LogP contribution in [0.25, 0.3) is 11.4 Å². The van der Waals surface area contributed by atoms with Gasteiger partial charge in [0.2, 0.25) is 5.91 Å². The number of amides is 1. The fourth-order valence-corrected chi connectivity index (χ4v) is 2.40. The zero-order valence-corrected chi connectivity index (χ0v) is 13.5. The molecule has 0 atom stereocenters. The van der Waals surface area contributed by atoms with Gasteiger partial charge in [0.15, 0.2) is 10.6 Å². The molecule has 1 amide bonds. The van der Waals surface area contributed by atoms with Gasteiger partial charge in [-0.25, -0.2) is 0 Å². The van der Waals surface area contributed by atoms with E-state index in [2.05, 4.69) is 15.5 Å². The van der Waals surface area contributed by atoms with Crippen molar-refractivity contribution in [3.8, 4) is 11.4 Å². The zero-order chi connectivity index (χ0) is 16.2. The van der Waals surface area contributed by atoms with E-state index in [1.165, 1.54) is 0 Å². The molecule has 6 nitrogen and oxygen atoms in total. The molecule has 0 fully saturated rings. The Morgan fingerprint density at radius 1 is 1.35 bits per heavy atom. The summed E-state index contributed by atoms with van der Waals surface area (Å²) in [5, 5.41) is 10.3. The number of carbonyl (C=O) groups is 1. The third-order valence-corrected chi connectivity index (χ3v) is 3.77.